The number of nitrogens with one attached hydrogen (secondary N) is 2. The van der Waals surface area contributed by atoms with E-state index in [1.54, 1.807) is 0 Å². The van der Waals surface area contributed by atoms with Crippen LogP contribution in [0.25, 0.3) is 0 Å². The van der Waals surface area contributed by atoms with Gasteiger partial charge in [0, 0.05) is 18.5 Å². The van der Waals surface area contributed by atoms with Crippen LogP contribution >= 0.6 is 0 Å². The molecule has 1 unspecified atom stereocenters. The van der Waals surface area contributed by atoms with Crippen LogP contribution in [0.4, 0.5) is 10.1 Å². The molecule has 1 aliphatic rings. The molecule has 0 aliphatic carbocycles. The van der Waals surface area contributed by atoms with Crippen molar-refractivity contribution in [3.63, 3.8) is 0 Å². The molecule has 1 saturated heterocycles. The molecule has 0 radical (unpaired) electrons. The van der Waals surface area contributed by atoms with E-state index in [4.69, 9.17) is 0 Å². The Balaban J connectivity index is 1.87. The first-order chi connectivity index (χ1) is 12.1. The zero-order valence-corrected chi connectivity index (χ0v) is 13.9. The van der Waals surface area contributed by atoms with E-state index < -0.39 is 5.54 Å². The Morgan fingerprint density at radius 2 is 1.80 bits per heavy atom. The highest BCUT2D eigenvalue weighted by molar-refractivity contribution is 6.01. The maximum atomic E-state index is 13.1. The summed E-state index contributed by atoms with van der Waals surface area (Å²) in [4.78, 5) is 25.2. The third-order valence-electron chi connectivity index (χ3n) is 4.52. The second-order valence-electron chi connectivity index (χ2n) is 6.46. The van der Waals surface area contributed by atoms with Crippen molar-refractivity contribution >= 4 is 17.5 Å². The standard InChI is InChI=1S/C20H21FN2O2/c21-16-9-11-17(12-10-16)22-19(25)20(13-5-4-8-18(24)23-20)14-15-6-2-1-3-7-15/h1-3,6-7,9-12H,4-5,8,13-14H2,(H,22,25)(H,23,24). The van der Waals surface area contributed by atoms with Crippen LogP contribution in [0, 0.1) is 5.82 Å². The smallest absolute Gasteiger partial charge is 0.250 e. The summed E-state index contributed by atoms with van der Waals surface area (Å²) in [5.74, 6) is -0.735. The Hall–Kier alpha value is -2.69. The minimum atomic E-state index is -0.997. The Morgan fingerprint density at radius 3 is 2.52 bits per heavy atom. The van der Waals surface area contributed by atoms with Crippen LogP contribution in [0.2, 0.25) is 0 Å². The van der Waals surface area contributed by atoms with Gasteiger partial charge in [-0.25, -0.2) is 4.39 Å². The fourth-order valence-corrected chi connectivity index (χ4v) is 3.22. The second kappa shape index (κ2) is 7.47. The number of anilines is 1. The molecule has 130 valence electrons. The molecule has 1 aliphatic heterocycles. The van der Waals surface area contributed by atoms with Crippen molar-refractivity contribution in [1.82, 2.24) is 5.32 Å². The molecule has 2 N–H and O–H groups in total. The number of carbonyl (C=O) groups excluding carboxylic acids is 2. The summed E-state index contributed by atoms with van der Waals surface area (Å²) in [6, 6.07) is 15.3. The van der Waals surface area contributed by atoms with Crippen LogP contribution in [0.15, 0.2) is 54.6 Å². The van der Waals surface area contributed by atoms with Crippen LogP contribution in [-0.4, -0.2) is 17.4 Å². The Bertz CT molecular complexity index is 746. The Labute approximate surface area is 146 Å². The van der Waals surface area contributed by atoms with Gasteiger partial charge in [0.2, 0.25) is 11.8 Å². The molecule has 1 atom stereocenters. The Morgan fingerprint density at radius 1 is 1.08 bits per heavy atom. The maximum Gasteiger partial charge on any atom is 0.250 e. The monoisotopic (exact) mass is 340 g/mol. The average molecular weight is 340 g/mol. The predicted molar refractivity (Wildman–Crippen MR) is 94.5 cm³/mol. The number of rotatable bonds is 4. The second-order valence-corrected chi connectivity index (χ2v) is 6.46. The summed E-state index contributed by atoms with van der Waals surface area (Å²) in [7, 11) is 0. The third kappa shape index (κ3) is 4.24. The van der Waals surface area contributed by atoms with Gasteiger partial charge in [-0.3, -0.25) is 9.59 Å². The number of halogens is 1. The third-order valence-corrected chi connectivity index (χ3v) is 4.52. The summed E-state index contributed by atoms with van der Waals surface area (Å²) in [6.07, 6.45) is 2.99. The lowest BCUT2D eigenvalue weighted by Gasteiger charge is -2.32. The lowest BCUT2D eigenvalue weighted by molar-refractivity contribution is -0.130. The molecule has 0 spiro atoms. The van der Waals surface area contributed by atoms with Gasteiger partial charge >= 0.3 is 0 Å². The maximum absolute atomic E-state index is 13.1. The molecule has 2 amide bonds. The molecule has 5 heteroatoms. The fourth-order valence-electron chi connectivity index (χ4n) is 3.22. The molecular formula is C20H21FN2O2. The molecule has 1 fully saturated rings. The zero-order valence-electron chi connectivity index (χ0n) is 13.9. The van der Waals surface area contributed by atoms with E-state index in [0.29, 0.717) is 24.9 Å². The summed E-state index contributed by atoms with van der Waals surface area (Å²) in [5, 5.41) is 5.78. The largest absolute Gasteiger partial charge is 0.341 e. The van der Waals surface area contributed by atoms with Crippen LogP contribution in [0.3, 0.4) is 0 Å². The normalized spacial score (nSPS) is 20.4. The molecule has 2 aromatic rings. The average Bonchev–Trinajstić information content (AvgIpc) is 2.80. The Kier molecular flexibility index (Phi) is 5.12. The fraction of sp³-hybridized carbons (Fsp3) is 0.300. The number of amides is 2. The molecular weight excluding hydrogens is 319 g/mol. The van der Waals surface area contributed by atoms with Gasteiger partial charge in [-0.15, -0.1) is 0 Å². The van der Waals surface area contributed by atoms with Crippen molar-refractivity contribution in [1.29, 1.82) is 0 Å². The minimum absolute atomic E-state index is 0.109. The van der Waals surface area contributed by atoms with Gasteiger partial charge in [0.15, 0.2) is 0 Å². The number of hydrogen-bond acceptors (Lipinski definition) is 2. The highest BCUT2D eigenvalue weighted by Crippen LogP contribution is 2.26. The quantitative estimate of drug-likeness (QED) is 0.896. The van der Waals surface area contributed by atoms with E-state index >= 15 is 0 Å². The van der Waals surface area contributed by atoms with Gasteiger partial charge in [0.1, 0.15) is 11.4 Å². The topological polar surface area (TPSA) is 58.2 Å². The zero-order chi connectivity index (χ0) is 17.7. The first-order valence-electron chi connectivity index (χ1n) is 8.49. The van der Waals surface area contributed by atoms with Gasteiger partial charge in [0.05, 0.1) is 0 Å². The van der Waals surface area contributed by atoms with E-state index in [9.17, 15) is 14.0 Å². The lowest BCUT2D eigenvalue weighted by Crippen LogP contribution is -2.57. The molecule has 3 rings (SSSR count). The molecule has 1 heterocycles. The molecule has 0 aromatic heterocycles. The molecule has 0 bridgehead atoms. The van der Waals surface area contributed by atoms with Crippen molar-refractivity contribution in [2.75, 3.05) is 5.32 Å². The van der Waals surface area contributed by atoms with Crippen molar-refractivity contribution < 1.29 is 14.0 Å². The number of carbonyl (C=O) groups is 2. The number of benzene rings is 2. The lowest BCUT2D eigenvalue weighted by atomic mass is 9.85. The minimum Gasteiger partial charge on any atom is -0.341 e. The van der Waals surface area contributed by atoms with Gasteiger partial charge < -0.3 is 10.6 Å². The summed E-state index contributed by atoms with van der Waals surface area (Å²) < 4.78 is 13.1. The van der Waals surface area contributed by atoms with Crippen molar-refractivity contribution in [3.05, 3.63) is 66.0 Å². The van der Waals surface area contributed by atoms with Crippen LogP contribution < -0.4 is 10.6 Å². The van der Waals surface area contributed by atoms with E-state index in [1.807, 2.05) is 30.3 Å². The first kappa shape index (κ1) is 17.1. The molecule has 2 aromatic carbocycles. The van der Waals surface area contributed by atoms with Gasteiger partial charge in [-0.2, -0.15) is 0 Å². The van der Waals surface area contributed by atoms with Crippen molar-refractivity contribution in [3.8, 4) is 0 Å². The summed E-state index contributed by atoms with van der Waals surface area (Å²) in [5.41, 5.74) is 0.500. The van der Waals surface area contributed by atoms with E-state index in [0.717, 1.165) is 18.4 Å². The van der Waals surface area contributed by atoms with Gasteiger partial charge in [0.25, 0.3) is 0 Å². The highest BCUT2D eigenvalue weighted by Gasteiger charge is 2.40. The van der Waals surface area contributed by atoms with Crippen LogP contribution in [-0.2, 0) is 16.0 Å². The number of hydrogen-bond donors (Lipinski definition) is 2. The summed E-state index contributed by atoms with van der Waals surface area (Å²) in [6.45, 7) is 0. The van der Waals surface area contributed by atoms with E-state index in [2.05, 4.69) is 10.6 Å². The molecule has 0 saturated carbocycles. The molecule has 4 nitrogen and oxygen atoms in total. The highest BCUT2D eigenvalue weighted by atomic mass is 19.1. The van der Waals surface area contributed by atoms with Gasteiger partial charge in [-0.1, -0.05) is 36.8 Å². The van der Waals surface area contributed by atoms with E-state index in [1.165, 1.54) is 24.3 Å². The van der Waals surface area contributed by atoms with Gasteiger partial charge in [-0.05, 0) is 42.7 Å². The SMILES string of the molecule is O=C1CCCCC(Cc2ccccc2)(C(=O)Nc2ccc(F)cc2)N1. The van der Waals surface area contributed by atoms with Crippen LogP contribution in [0.1, 0.15) is 31.2 Å². The van der Waals surface area contributed by atoms with E-state index in [-0.39, 0.29) is 17.6 Å². The van der Waals surface area contributed by atoms with Crippen LogP contribution in [0.5, 0.6) is 0 Å². The van der Waals surface area contributed by atoms with Crippen molar-refractivity contribution in [2.45, 2.75) is 37.6 Å². The summed E-state index contributed by atoms with van der Waals surface area (Å²) >= 11 is 0. The first-order valence-corrected chi connectivity index (χ1v) is 8.49. The van der Waals surface area contributed by atoms with Crippen molar-refractivity contribution in [2.24, 2.45) is 0 Å². The predicted octanol–water partition coefficient (Wildman–Crippen LogP) is 3.44. The molecule has 25 heavy (non-hydrogen) atoms.